The lowest BCUT2D eigenvalue weighted by molar-refractivity contribution is -0.142. The largest absolute Gasteiger partial charge is 0.493 e. The fourth-order valence-corrected chi connectivity index (χ4v) is 1.60. The first-order chi connectivity index (χ1) is 9.58. The van der Waals surface area contributed by atoms with Crippen molar-refractivity contribution in [3.05, 3.63) is 23.8 Å². The van der Waals surface area contributed by atoms with E-state index in [1.54, 1.807) is 19.1 Å². The number of esters is 1. The van der Waals surface area contributed by atoms with Gasteiger partial charge in [0.2, 0.25) is 0 Å². The standard InChI is InChI=1S/C13H17F2NO4/c1-3-19-11(17)8-16-7-9-5-4-6-10(18-2)12(9)20-13(14)15/h4-6,13,16H,3,7-8H2,1-2H3. The molecule has 0 radical (unpaired) electrons. The minimum absolute atomic E-state index is 0.0147. The second-order valence-electron chi connectivity index (χ2n) is 3.74. The molecule has 0 fully saturated rings. The lowest BCUT2D eigenvalue weighted by Crippen LogP contribution is -2.24. The Morgan fingerprint density at radius 2 is 2.15 bits per heavy atom. The molecule has 20 heavy (non-hydrogen) atoms. The molecule has 1 N–H and O–H groups in total. The van der Waals surface area contributed by atoms with Crippen LogP contribution in [0.3, 0.4) is 0 Å². The maximum atomic E-state index is 12.4. The van der Waals surface area contributed by atoms with Gasteiger partial charge in [0.1, 0.15) is 0 Å². The highest BCUT2D eigenvalue weighted by Crippen LogP contribution is 2.32. The van der Waals surface area contributed by atoms with Gasteiger partial charge < -0.3 is 19.5 Å². The Morgan fingerprint density at radius 3 is 2.75 bits per heavy atom. The second-order valence-corrected chi connectivity index (χ2v) is 3.74. The Kier molecular flexibility index (Phi) is 6.72. The number of rotatable bonds is 8. The Hall–Kier alpha value is -1.89. The van der Waals surface area contributed by atoms with Crippen molar-refractivity contribution >= 4 is 5.97 Å². The predicted molar refractivity (Wildman–Crippen MR) is 68.0 cm³/mol. The smallest absolute Gasteiger partial charge is 0.387 e. The molecule has 0 amide bonds. The Morgan fingerprint density at radius 1 is 1.40 bits per heavy atom. The van der Waals surface area contributed by atoms with E-state index in [-0.39, 0.29) is 24.6 Å². The number of nitrogens with one attached hydrogen (secondary N) is 1. The molecular weight excluding hydrogens is 272 g/mol. The van der Waals surface area contributed by atoms with Crippen LogP contribution in [-0.2, 0) is 16.1 Å². The molecule has 0 saturated carbocycles. The average Bonchev–Trinajstić information content (AvgIpc) is 2.40. The van der Waals surface area contributed by atoms with Crippen molar-refractivity contribution in [2.24, 2.45) is 0 Å². The highest BCUT2D eigenvalue weighted by Gasteiger charge is 2.15. The van der Waals surface area contributed by atoms with Gasteiger partial charge in [0, 0.05) is 12.1 Å². The van der Waals surface area contributed by atoms with Crippen LogP contribution in [0.2, 0.25) is 0 Å². The van der Waals surface area contributed by atoms with Crippen LogP contribution in [0.1, 0.15) is 12.5 Å². The van der Waals surface area contributed by atoms with Gasteiger partial charge in [-0.25, -0.2) is 0 Å². The number of alkyl halides is 2. The van der Waals surface area contributed by atoms with Crippen molar-refractivity contribution in [1.82, 2.24) is 5.32 Å². The zero-order chi connectivity index (χ0) is 15.0. The van der Waals surface area contributed by atoms with Crippen LogP contribution in [0.5, 0.6) is 11.5 Å². The van der Waals surface area contributed by atoms with Crippen LogP contribution in [0.15, 0.2) is 18.2 Å². The summed E-state index contributed by atoms with van der Waals surface area (Å²) in [4.78, 5) is 11.2. The van der Waals surface area contributed by atoms with E-state index < -0.39 is 12.6 Å². The van der Waals surface area contributed by atoms with Gasteiger partial charge in [-0.15, -0.1) is 0 Å². The molecule has 5 nitrogen and oxygen atoms in total. The van der Waals surface area contributed by atoms with Crippen LogP contribution >= 0.6 is 0 Å². The zero-order valence-corrected chi connectivity index (χ0v) is 11.3. The van der Waals surface area contributed by atoms with Crippen LogP contribution in [0, 0.1) is 0 Å². The lowest BCUT2D eigenvalue weighted by Gasteiger charge is -2.14. The van der Waals surface area contributed by atoms with Gasteiger partial charge in [0.15, 0.2) is 11.5 Å². The van der Waals surface area contributed by atoms with E-state index in [1.807, 2.05) is 0 Å². The summed E-state index contributed by atoms with van der Waals surface area (Å²) in [5, 5.41) is 2.80. The van der Waals surface area contributed by atoms with Crippen LogP contribution in [0.25, 0.3) is 0 Å². The fourth-order valence-electron chi connectivity index (χ4n) is 1.60. The number of hydrogen-bond acceptors (Lipinski definition) is 5. The number of ether oxygens (including phenoxy) is 3. The molecule has 7 heteroatoms. The molecule has 0 aliphatic rings. The number of para-hydroxylation sites is 1. The summed E-state index contributed by atoms with van der Waals surface area (Å²) in [6.45, 7) is -0.791. The van der Waals surface area contributed by atoms with E-state index in [2.05, 4.69) is 10.1 Å². The molecule has 1 rings (SSSR count). The average molecular weight is 289 g/mol. The summed E-state index contributed by atoms with van der Waals surface area (Å²) in [7, 11) is 1.36. The van der Waals surface area contributed by atoms with Crippen molar-refractivity contribution in [3.63, 3.8) is 0 Å². The highest BCUT2D eigenvalue weighted by atomic mass is 19.3. The normalized spacial score (nSPS) is 10.4. The van der Waals surface area contributed by atoms with Gasteiger partial charge in [-0.2, -0.15) is 8.78 Å². The first kappa shape index (κ1) is 16.2. The minimum atomic E-state index is -2.95. The lowest BCUT2D eigenvalue weighted by atomic mass is 10.2. The second kappa shape index (κ2) is 8.31. The van der Waals surface area contributed by atoms with E-state index in [9.17, 15) is 13.6 Å². The van der Waals surface area contributed by atoms with Crippen LogP contribution in [0.4, 0.5) is 8.78 Å². The third-order valence-corrected chi connectivity index (χ3v) is 2.38. The van der Waals surface area contributed by atoms with Gasteiger partial charge in [-0.1, -0.05) is 12.1 Å². The summed E-state index contributed by atoms with van der Waals surface area (Å²) < 4.78 is 39.0. The number of carbonyl (C=O) groups is 1. The van der Waals surface area contributed by atoms with E-state index in [4.69, 9.17) is 9.47 Å². The molecule has 0 bridgehead atoms. The van der Waals surface area contributed by atoms with Gasteiger partial charge in [0.25, 0.3) is 0 Å². The fraction of sp³-hybridized carbons (Fsp3) is 0.462. The Balaban J connectivity index is 2.70. The minimum Gasteiger partial charge on any atom is -0.493 e. The van der Waals surface area contributed by atoms with E-state index in [0.717, 1.165) is 0 Å². The first-order valence-corrected chi connectivity index (χ1v) is 6.05. The number of carbonyl (C=O) groups excluding carboxylic acids is 1. The summed E-state index contributed by atoms with van der Waals surface area (Å²) in [5.74, 6) is -0.242. The number of benzene rings is 1. The van der Waals surface area contributed by atoms with Crippen LogP contribution < -0.4 is 14.8 Å². The van der Waals surface area contributed by atoms with E-state index >= 15 is 0 Å². The molecule has 0 saturated heterocycles. The highest BCUT2D eigenvalue weighted by molar-refractivity contribution is 5.71. The summed E-state index contributed by atoms with van der Waals surface area (Å²) in [6, 6.07) is 4.78. The number of halogens is 2. The molecule has 0 heterocycles. The summed E-state index contributed by atoms with van der Waals surface area (Å²) in [5.41, 5.74) is 0.467. The van der Waals surface area contributed by atoms with Gasteiger partial charge in [0.05, 0.1) is 20.3 Å². The molecular formula is C13H17F2NO4. The topological polar surface area (TPSA) is 56.8 Å². The molecule has 112 valence electrons. The summed E-state index contributed by atoms with van der Waals surface area (Å²) in [6.07, 6.45) is 0. The summed E-state index contributed by atoms with van der Waals surface area (Å²) >= 11 is 0. The van der Waals surface area contributed by atoms with Crippen LogP contribution in [-0.4, -0.2) is 32.8 Å². The van der Waals surface area contributed by atoms with E-state index in [1.165, 1.54) is 13.2 Å². The van der Waals surface area contributed by atoms with Gasteiger partial charge in [-0.05, 0) is 13.0 Å². The maximum absolute atomic E-state index is 12.4. The molecule has 0 aliphatic heterocycles. The molecule has 0 atom stereocenters. The molecule has 0 aliphatic carbocycles. The number of hydrogen-bond donors (Lipinski definition) is 1. The third kappa shape index (κ3) is 5.00. The SMILES string of the molecule is CCOC(=O)CNCc1cccc(OC)c1OC(F)F. The van der Waals surface area contributed by atoms with Gasteiger partial charge in [-0.3, -0.25) is 4.79 Å². The van der Waals surface area contributed by atoms with Crippen molar-refractivity contribution < 1.29 is 27.8 Å². The van der Waals surface area contributed by atoms with Crippen molar-refractivity contribution in [2.45, 2.75) is 20.1 Å². The van der Waals surface area contributed by atoms with Gasteiger partial charge >= 0.3 is 12.6 Å². The first-order valence-electron chi connectivity index (χ1n) is 6.05. The molecule has 1 aromatic carbocycles. The Labute approximate surface area is 115 Å². The van der Waals surface area contributed by atoms with Crippen molar-refractivity contribution in [1.29, 1.82) is 0 Å². The monoisotopic (exact) mass is 289 g/mol. The van der Waals surface area contributed by atoms with E-state index in [0.29, 0.717) is 12.2 Å². The van der Waals surface area contributed by atoms with Crippen molar-refractivity contribution in [2.75, 3.05) is 20.3 Å². The molecule has 0 spiro atoms. The molecule has 1 aromatic rings. The molecule has 0 aromatic heterocycles. The molecule has 0 unspecified atom stereocenters. The van der Waals surface area contributed by atoms with Crippen molar-refractivity contribution in [3.8, 4) is 11.5 Å². The predicted octanol–water partition coefficient (Wildman–Crippen LogP) is 1.95. The zero-order valence-electron chi connectivity index (χ0n) is 11.3. The third-order valence-electron chi connectivity index (χ3n) is 2.38. The maximum Gasteiger partial charge on any atom is 0.387 e. The Bertz CT molecular complexity index is 440. The number of methoxy groups -OCH3 is 1. The quantitative estimate of drug-likeness (QED) is 0.741.